The molecular weight excluding hydrogens is 414 g/mol. The molecule has 0 fully saturated rings. The third kappa shape index (κ3) is 3.30. The van der Waals surface area contributed by atoms with Gasteiger partial charge in [-0.05, 0) is 46.1 Å². The number of fused-ring (bicyclic) bond motifs is 1. The average molecular weight is 436 g/mol. The normalized spacial score (nSPS) is 15.8. The van der Waals surface area contributed by atoms with E-state index in [4.69, 9.17) is 0 Å². The summed E-state index contributed by atoms with van der Waals surface area (Å²) >= 11 is 5.07. The van der Waals surface area contributed by atoms with Crippen molar-refractivity contribution in [3.63, 3.8) is 0 Å². The fourth-order valence-electron chi connectivity index (χ4n) is 3.46. The van der Waals surface area contributed by atoms with Crippen molar-refractivity contribution in [1.82, 2.24) is 14.8 Å². The number of carbonyl (C=O) groups excluding carboxylic acids is 2. The lowest BCUT2D eigenvalue weighted by Crippen LogP contribution is -2.45. The van der Waals surface area contributed by atoms with Gasteiger partial charge in [0.1, 0.15) is 5.69 Å². The van der Waals surface area contributed by atoms with E-state index in [2.05, 4.69) is 41.7 Å². The van der Waals surface area contributed by atoms with Crippen LogP contribution in [-0.2, 0) is 12.0 Å². The Kier molecular flexibility index (Phi) is 4.96. The molecule has 0 spiro atoms. The van der Waals surface area contributed by atoms with Gasteiger partial charge in [-0.1, -0.05) is 19.9 Å². The average Bonchev–Trinajstić information content (AvgIpc) is 2.88. The largest absolute Gasteiger partial charge is 0.343 e. The second-order valence-electron chi connectivity index (χ2n) is 7.46. The van der Waals surface area contributed by atoms with Crippen LogP contribution < -0.4 is 0 Å². The molecule has 0 saturated carbocycles. The van der Waals surface area contributed by atoms with Crippen LogP contribution in [0.3, 0.4) is 0 Å². The van der Waals surface area contributed by atoms with E-state index in [1.54, 1.807) is 20.2 Å². The maximum atomic E-state index is 13.0. The van der Waals surface area contributed by atoms with Crippen LogP contribution in [0.4, 0.5) is 0 Å². The van der Waals surface area contributed by atoms with Gasteiger partial charge in [-0.2, -0.15) is 0 Å². The van der Waals surface area contributed by atoms with E-state index < -0.39 is 0 Å². The Morgan fingerprint density at radius 1 is 1.38 bits per heavy atom. The second kappa shape index (κ2) is 6.78. The third-order valence-corrected chi connectivity index (χ3v) is 6.77. The number of halogens is 1. The van der Waals surface area contributed by atoms with Crippen LogP contribution in [-0.4, -0.2) is 47.2 Å². The van der Waals surface area contributed by atoms with Crippen LogP contribution in [0.25, 0.3) is 0 Å². The Hall–Kier alpha value is -1.73. The Bertz CT molecular complexity index is 889. The minimum atomic E-state index is -0.141. The molecule has 2 amide bonds. The summed E-state index contributed by atoms with van der Waals surface area (Å²) in [5.74, 6) is -0.110. The lowest BCUT2D eigenvalue weighted by Gasteiger charge is -2.38. The molecule has 0 aromatic carbocycles. The first-order valence-corrected chi connectivity index (χ1v) is 9.99. The smallest absolute Gasteiger partial charge is 0.271 e. The molecule has 0 bridgehead atoms. The van der Waals surface area contributed by atoms with Gasteiger partial charge in [0.2, 0.25) is 0 Å². The molecule has 26 heavy (non-hydrogen) atoms. The van der Waals surface area contributed by atoms with Crippen molar-refractivity contribution in [2.24, 2.45) is 0 Å². The zero-order chi connectivity index (χ0) is 19.2. The van der Waals surface area contributed by atoms with Gasteiger partial charge < -0.3 is 9.80 Å². The molecule has 7 heteroatoms. The van der Waals surface area contributed by atoms with E-state index in [0.717, 1.165) is 25.5 Å². The minimum Gasteiger partial charge on any atom is -0.343 e. The number of thiophene rings is 1. The summed E-state index contributed by atoms with van der Waals surface area (Å²) in [6.07, 6.45) is 0. The van der Waals surface area contributed by atoms with Gasteiger partial charge in [0.25, 0.3) is 11.8 Å². The van der Waals surface area contributed by atoms with E-state index in [9.17, 15) is 9.59 Å². The van der Waals surface area contributed by atoms with E-state index in [1.165, 1.54) is 16.2 Å². The first-order chi connectivity index (χ1) is 12.1. The summed E-state index contributed by atoms with van der Waals surface area (Å²) in [6, 6.07) is 5.37. The summed E-state index contributed by atoms with van der Waals surface area (Å²) < 4.78 is 1.02. The number of aromatic nitrogens is 1. The van der Waals surface area contributed by atoms with E-state index in [1.807, 2.05) is 17.0 Å². The predicted octanol–water partition coefficient (Wildman–Crippen LogP) is 3.85. The summed E-state index contributed by atoms with van der Waals surface area (Å²) in [6.45, 7) is 7.40. The van der Waals surface area contributed by atoms with Gasteiger partial charge in [0, 0.05) is 26.1 Å². The highest BCUT2D eigenvalue weighted by atomic mass is 79.9. The van der Waals surface area contributed by atoms with Crippen molar-refractivity contribution in [3.05, 3.63) is 49.4 Å². The van der Waals surface area contributed by atoms with Crippen molar-refractivity contribution in [2.45, 2.75) is 32.7 Å². The first-order valence-electron chi connectivity index (χ1n) is 8.38. The molecule has 1 aliphatic heterocycles. The first kappa shape index (κ1) is 19.0. The molecule has 138 valence electrons. The highest BCUT2D eigenvalue weighted by molar-refractivity contribution is 9.11. The number of hydrogen-bond acceptors (Lipinski definition) is 4. The minimum absolute atomic E-state index is 0.0317. The van der Waals surface area contributed by atoms with Crippen molar-refractivity contribution in [1.29, 1.82) is 0 Å². The molecule has 0 unspecified atom stereocenters. The van der Waals surface area contributed by atoms with Crippen LogP contribution in [0, 0.1) is 6.92 Å². The van der Waals surface area contributed by atoms with Crippen LogP contribution in [0.5, 0.6) is 0 Å². The highest BCUT2D eigenvalue weighted by Crippen LogP contribution is 2.43. The molecule has 2 aromatic heterocycles. The van der Waals surface area contributed by atoms with Crippen LogP contribution in [0.2, 0.25) is 0 Å². The molecule has 5 nitrogen and oxygen atoms in total. The summed E-state index contributed by atoms with van der Waals surface area (Å²) in [5, 5.41) is 0. The van der Waals surface area contributed by atoms with Gasteiger partial charge in [0.05, 0.1) is 20.9 Å². The van der Waals surface area contributed by atoms with Gasteiger partial charge >= 0.3 is 0 Å². The molecule has 3 heterocycles. The van der Waals surface area contributed by atoms with Gasteiger partial charge in [-0.15, -0.1) is 11.3 Å². The molecule has 0 N–H and O–H groups in total. The summed E-state index contributed by atoms with van der Waals surface area (Å²) in [5.41, 5.74) is 3.27. The Morgan fingerprint density at radius 2 is 2.08 bits per heavy atom. The van der Waals surface area contributed by atoms with E-state index >= 15 is 0 Å². The molecule has 1 aliphatic rings. The number of hydrogen-bond donors (Lipinski definition) is 0. The summed E-state index contributed by atoms with van der Waals surface area (Å²) in [4.78, 5) is 33.7. The highest BCUT2D eigenvalue weighted by Gasteiger charge is 2.40. The molecule has 0 saturated heterocycles. The monoisotopic (exact) mass is 435 g/mol. The van der Waals surface area contributed by atoms with E-state index in [-0.39, 0.29) is 17.2 Å². The number of pyridine rings is 1. The number of amides is 2. The molecule has 0 aliphatic carbocycles. The lowest BCUT2D eigenvalue weighted by molar-refractivity contribution is 0.0677. The number of rotatable bonds is 3. The fraction of sp³-hybridized carbons (Fsp3) is 0.421. The Labute approximate surface area is 166 Å². The van der Waals surface area contributed by atoms with Crippen molar-refractivity contribution in [2.75, 3.05) is 20.6 Å². The molecular formula is C19H22BrN3O2S. The SMILES string of the molecule is Cc1c(Br)sc2c1C(C)(C)CN(Cc1cccc(C(=O)N(C)C)n1)C2=O. The fourth-order valence-corrected chi connectivity index (χ4v) is 5.33. The molecule has 0 atom stereocenters. The van der Waals surface area contributed by atoms with Gasteiger partial charge in [-0.3, -0.25) is 9.59 Å². The summed E-state index contributed by atoms with van der Waals surface area (Å²) in [7, 11) is 3.40. The zero-order valence-electron chi connectivity index (χ0n) is 15.6. The Morgan fingerprint density at radius 3 is 2.73 bits per heavy atom. The maximum absolute atomic E-state index is 13.0. The van der Waals surface area contributed by atoms with Crippen molar-refractivity contribution < 1.29 is 9.59 Å². The van der Waals surface area contributed by atoms with Crippen LogP contribution >= 0.6 is 27.3 Å². The quantitative estimate of drug-likeness (QED) is 0.735. The second-order valence-corrected chi connectivity index (χ2v) is 9.80. The zero-order valence-corrected chi connectivity index (χ0v) is 18.0. The van der Waals surface area contributed by atoms with Crippen molar-refractivity contribution in [3.8, 4) is 0 Å². The Balaban J connectivity index is 1.91. The standard InChI is InChI=1S/C19H22BrN3O2S/c1-11-14-15(26-16(11)20)18(25)23(10-19(14,2)3)9-12-7-6-8-13(21-12)17(24)22(4)5/h6-8H,9-10H2,1-5H3. The van der Waals surface area contributed by atoms with Crippen LogP contribution in [0.1, 0.15) is 50.8 Å². The topological polar surface area (TPSA) is 53.5 Å². The lowest BCUT2D eigenvalue weighted by atomic mass is 9.79. The molecule has 2 aromatic rings. The van der Waals surface area contributed by atoms with Crippen molar-refractivity contribution >= 4 is 39.1 Å². The number of nitrogens with zero attached hydrogens (tertiary/aromatic N) is 3. The molecule has 3 rings (SSSR count). The third-order valence-electron chi connectivity index (χ3n) is 4.62. The number of carbonyl (C=O) groups is 2. The van der Waals surface area contributed by atoms with Gasteiger partial charge in [0.15, 0.2) is 0 Å². The van der Waals surface area contributed by atoms with Gasteiger partial charge in [-0.25, -0.2) is 4.98 Å². The predicted molar refractivity (Wildman–Crippen MR) is 107 cm³/mol. The van der Waals surface area contributed by atoms with Crippen LogP contribution in [0.15, 0.2) is 22.0 Å². The van der Waals surface area contributed by atoms with E-state index in [0.29, 0.717) is 18.8 Å². The maximum Gasteiger partial charge on any atom is 0.271 e. The molecule has 0 radical (unpaired) electrons.